The number of nitrogens with two attached hydrogens (primary N) is 1. The molecule has 0 aromatic rings. The van der Waals surface area contributed by atoms with E-state index in [0.29, 0.717) is 5.96 Å². The zero-order chi connectivity index (χ0) is 9.19. The van der Waals surface area contributed by atoms with Gasteiger partial charge in [-0.1, -0.05) is 0 Å². The fraction of sp³-hybridized carbons (Fsp3) is 0.800. The summed E-state index contributed by atoms with van der Waals surface area (Å²) in [5.74, 6) is 5.82. The van der Waals surface area contributed by atoms with E-state index in [9.17, 15) is 8.42 Å². The molecule has 7 heteroatoms. The Kier molecular flexibility index (Phi) is 2.53. The number of nitrogens with one attached hydrogen (secondary N) is 2. The molecule has 0 aromatic heterocycles. The molecule has 0 bridgehead atoms. The number of rotatable bonds is 1. The van der Waals surface area contributed by atoms with Gasteiger partial charge in [-0.2, -0.15) is 0 Å². The largest absolute Gasteiger partial charge is 0.351 e. The predicted molar refractivity (Wildman–Crippen MR) is 46.3 cm³/mol. The second-order valence-electron chi connectivity index (χ2n) is 2.63. The summed E-state index contributed by atoms with van der Waals surface area (Å²) in [7, 11) is -1.21. The van der Waals surface area contributed by atoms with Crippen molar-refractivity contribution in [2.45, 2.75) is 6.04 Å². The van der Waals surface area contributed by atoms with Crippen LogP contribution in [0.5, 0.6) is 0 Å². The van der Waals surface area contributed by atoms with Crippen LogP contribution < -0.4 is 16.6 Å². The third-order valence-corrected chi connectivity index (χ3v) is 3.43. The van der Waals surface area contributed by atoms with Gasteiger partial charge in [-0.3, -0.25) is 10.4 Å². The highest BCUT2D eigenvalue weighted by molar-refractivity contribution is 7.92. The Hall–Kier alpha value is -0.820. The highest BCUT2D eigenvalue weighted by atomic mass is 32.2. The minimum atomic E-state index is -2.78. The van der Waals surface area contributed by atoms with E-state index in [1.54, 1.807) is 7.05 Å². The molecule has 1 saturated heterocycles. The summed E-state index contributed by atoms with van der Waals surface area (Å²) in [5.41, 5.74) is 2.32. The third-order valence-electron chi connectivity index (χ3n) is 1.61. The molecule has 0 radical (unpaired) electrons. The summed E-state index contributed by atoms with van der Waals surface area (Å²) in [4.78, 5) is 3.75. The molecule has 1 rings (SSSR count). The van der Waals surface area contributed by atoms with E-state index < -0.39 is 9.84 Å². The molecule has 6 nitrogen and oxygen atoms in total. The molecule has 1 aliphatic heterocycles. The van der Waals surface area contributed by atoms with Gasteiger partial charge in [0.15, 0.2) is 9.84 Å². The lowest BCUT2D eigenvalue weighted by molar-refractivity contribution is 0.548. The van der Waals surface area contributed by atoms with Crippen LogP contribution >= 0.6 is 0 Å². The Bertz CT molecular complexity index is 272. The van der Waals surface area contributed by atoms with E-state index in [2.05, 4.69) is 15.7 Å². The van der Waals surface area contributed by atoms with Crippen molar-refractivity contribution < 1.29 is 8.42 Å². The SMILES string of the molecule is CN=C(NN)NC1CS(=O)(=O)C1. The summed E-state index contributed by atoms with van der Waals surface area (Å²) in [6, 6.07) is -0.0512. The number of hydrogen-bond donors (Lipinski definition) is 3. The van der Waals surface area contributed by atoms with Crippen LogP contribution in [0.3, 0.4) is 0 Å². The van der Waals surface area contributed by atoms with Gasteiger partial charge in [0.1, 0.15) is 0 Å². The van der Waals surface area contributed by atoms with Crippen LogP contribution in [0.1, 0.15) is 0 Å². The summed E-state index contributed by atoms with van der Waals surface area (Å²) in [6.07, 6.45) is 0. The first-order valence-corrected chi connectivity index (χ1v) is 5.30. The number of nitrogens with zero attached hydrogens (tertiary/aromatic N) is 1. The van der Waals surface area contributed by atoms with Crippen molar-refractivity contribution in [1.82, 2.24) is 10.7 Å². The minimum Gasteiger partial charge on any atom is -0.351 e. The molecule has 1 aliphatic rings. The van der Waals surface area contributed by atoms with Crippen molar-refractivity contribution in [2.75, 3.05) is 18.6 Å². The smallest absolute Gasteiger partial charge is 0.205 e. The van der Waals surface area contributed by atoms with E-state index in [4.69, 9.17) is 5.84 Å². The first kappa shape index (κ1) is 9.27. The quantitative estimate of drug-likeness (QED) is 0.190. The normalized spacial score (nSPS) is 23.0. The van der Waals surface area contributed by atoms with Crippen LogP contribution in [0.4, 0.5) is 0 Å². The standard InChI is InChI=1S/C5H12N4O2S/c1-7-5(9-6)8-4-2-12(10,11)3-4/h4H,2-3,6H2,1H3,(H2,7,8,9). The van der Waals surface area contributed by atoms with E-state index in [0.717, 1.165) is 0 Å². The zero-order valence-corrected chi connectivity index (χ0v) is 7.56. The number of hydrogen-bond acceptors (Lipinski definition) is 4. The summed E-state index contributed by atoms with van der Waals surface area (Å²) >= 11 is 0. The topological polar surface area (TPSA) is 96.6 Å². The predicted octanol–water partition coefficient (Wildman–Crippen LogP) is -2.18. The molecule has 12 heavy (non-hydrogen) atoms. The average molecular weight is 192 g/mol. The van der Waals surface area contributed by atoms with Gasteiger partial charge in [-0.15, -0.1) is 0 Å². The second kappa shape index (κ2) is 3.28. The summed E-state index contributed by atoms with van der Waals surface area (Å²) < 4.78 is 21.4. The van der Waals surface area contributed by atoms with Crippen molar-refractivity contribution in [3.05, 3.63) is 0 Å². The average Bonchev–Trinajstić information content (AvgIpc) is 1.96. The van der Waals surface area contributed by atoms with Crippen molar-refractivity contribution in [3.8, 4) is 0 Å². The lowest BCUT2D eigenvalue weighted by atomic mass is 10.4. The highest BCUT2D eigenvalue weighted by Gasteiger charge is 2.33. The number of aliphatic imine (C=N–C) groups is 1. The van der Waals surface area contributed by atoms with E-state index in [1.165, 1.54) is 0 Å². The molecule has 0 amide bonds. The maximum Gasteiger partial charge on any atom is 0.205 e. The lowest BCUT2D eigenvalue weighted by Gasteiger charge is -2.27. The molecule has 0 unspecified atom stereocenters. The molecule has 0 aromatic carbocycles. The molecular formula is C5H12N4O2S. The van der Waals surface area contributed by atoms with E-state index in [1.807, 2.05) is 0 Å². The lowest BCUT2D eigenvalue weighted by Crippen LogP contribution is -2.56. The van der Waals surface area contributed by atoms with Gasteiger partial charge in [-0.25, -0.2) is 14.3 Å². The van der Waals surface area contributed by atoms with Gasteiger partial charge in [0.2, 0.25) is 5.96 Å². The van der Waals surface area contributed by atoms with Gasteiger partial charge in [0, 0.05) is 7.05 Å². The van der Waals surface area contributed by atoms with Crippen molar-refractivity contribution in [3.63, 3.8) is 0 Å². The molecule has 0 saturated carbocycles. The molecule has 70 valence electrons. The Morgan fingerprint density at radius 2 is 2.17 bits per heavy atom. The van der Waals surface area contributed by atoms with Gasteiger partial charge in [0.05, 0.1) is 17.5 Å². The Balaban J connectivity index is 2.37. The summed E-state index contributed by atoms with van der Waals surface area (Å²) in [6.45, 7) is 0. The number of hydrazine groups is 1. The first-order chi connectivity index (χ1) is 5.57. The maximum absolute atomic E-state index is 10.7. The van der Waals surface area contributed by atoms with E-state index in [-0.39, 0.29) is 17.5 Å². The van der Waals surface area contributed by atoms with Gasteiger partial charge in [0.25, 0.3) is 0 Å². The van der Waals surface area contributed by atoms with Gasteiger partial charge in [-0.05, 0) is 0 Å². The molecule has 1 fully saturated rings. The van der Waals surface area contributed by atoms with Gasteiger partial charge >= 0.3 is 0 Å². The molecule has 0 aliphatic carbocycles. The molecular weight excluding hydrogens is 180 g/mol. The van der Waals surface area contributed by atoms with Crippen LogP contribution in [0.2, 0.25) is 0 Å². The van der Waals surface area contributed by atoms with Crippen molar-refractivity contribution in [1.29, 1.82) is 0 Å². The minimum absolute atomic E-state index is 0.0512. The number of sulfone groups is 1. The highest BCUT2D eigenvalue weighted by Crippen LogP contribution is 2.09. The van der Waals surface area contributed by atoms with Crippen LogP contribution in [0.15, 0.2) is 4.99 Å². The Labute approximate surface area is 71.1 Å². The fourth-order valence-electron chi connectivity index (χ4n) is 1.01. The molecule has 0 spiro atoms. The zero-order valence-electron chi connectivity index (χ0n) is 6.74. The van der Waals surface area contributed by atoms with Crippen molar-refractivity contribution >= 4 is 15.8 Å². The molecule has 4 N–H and O–H groups in total. The van der Waals surface area contributed by atoms with Crippen LogP contribution in [0, 0.1) is 0 Å². The first-order valence-electron chi connectivity index (χ1n) is 3.48. The second-order valence-corrected chi connectivity index (χ2v) is 4.79. The third kappa shape index (κ3) is 2.08. The maximum atomic E-state index is 10.7. The molecule has 0 atom stereocenters. The fourth-order valence-corrected chi connectivity index (χ4v) is 2.31. The van der Waals surface area contributed by atoms with Crippen LogP contribution in [0.25, 0.3) is 0 Å². The van der Waals surface area contributed by atoms with Crippen LogP contribution in [-0.4, -0.2) is 39.0 Å². The monoisotopic (exact) mass is 192 g/mol. The Morgan fingerprint density at radius 3 is 2.50 bits per heavy atom. The summed E-state index contributed by atoms with van der Waals surface area (Å²) in [5, 5.41) is 2.84. The van der Waals surface area contributed by atoms with Gasteiger partial charge < -0.3 is 5.32 Å². The van der Waals surface area contributed by atoms with E-state index >= 15 is 0 Å². The van der Waals surface area contributed by atoms with Crippen molar-refractivity contribution in [2.24, 2.45) is 10.8 Å². The van der Waals surface area contributed by atoms with Crippen LogP contribution in [-0.2, 0) is 9.84 Å². The molecule has 1 heterocycles. The number of guanidine groups is 1. The Morgan fingerprint density at radius 1 is 1.58 bits per heavy atom.